The molecule has 0 aliphatic carbocycles. The molecule has 1 aliphatic heterocycles. The molecule has 1 N–H and O–H groups in total. The maximum atomic E-state index is 13.6. The van der Waals surface area contributed by atoms with Crippen molar-refractivity contribution in [1.29, 1.82) is 0 Å². The van der Waals surface area contributed by atoms with E-state index in [1.807, 2.05) is 41.3 Å². The zero-order chi connectivity index (χ0) is 21.4. The lowest BCUT2D eigenvalue weighted by Crippen LogP contribution is -2.40. The molecular formula is C25H24N2O3S. The van der Waals surface area contributed by atoms with Crippen molar-refractivity contribution < 1.29 is 14.3 Å². The Kier molecular flexibility index (Phi) is 5.26. The first kappa shape index (κ1) is 19.8. The number of para-hydroxylation sites is 1. The summed E-state index contributed by atoms with van der Waals surface area (Å²) in [6.07, 6.45) is 0.821. The molecule has 1 aliphatic rings. The number of hydrogen-bond acceptors (Lipinski definition) is 4. The first-order valence-corrected chi connectivity index (χ1v) is 11.1. The van der Waals surface area contributed by atoms with Crippen LogP contribution in [0.5, 0.6) is 5.75 Å². The van der Waals surface area contributed by atoms with Crippen LogP contribution in [0.4, 0.5) is 0 Å². The number of rotatable bonds is 5. The van der Waals surface area contributed by atoms with E-state index >= 15 is 0 Å². The molecule has 5 rings (SSSR count). The van der Waals surface area contributed by atoms with E-state index in [0.29, 0.717) is 13.2 Å². The third-order valence-electron chi connectivity index (χ3n) is 5.86. The Hall–Kier alpha value is -3.09. The van der Waals surface area contributed by atoms with Gasteiger partial charge in [0, 0.05) is 35.1 Å². The number of H-pyrrole nitrogens is 1. The van der Waals surface area contributed by atoms with E-state index in [0.717, 1.165) is 38.7 Å². The van der Waals surface area contributed by atoms with Gasteiger partial charge >= 0.3 is 0 Å². The predicted octanol–water partition coefficient (Wildman–Crippen LogP) is 5.17. The van der Waals surface area contributed by atoms with Crippen LogP contribution < -0.4 is 4.74 Å². The number of carbonyl (C=O) groups is 1. The number of nitrogens with zero attached hydrogens (tertiary/aromatic N) is 1. The van der Waals surface area contributed by atoms with Crippen LogP contribution in [0.3, 0.4) is 0 Å². The Bertz CT molecular complexity index is 1240. The number of thiophene rings is 1. The summed E-state index contributed by atoms with van der Waals surface area (Å²) in [6, 6.07) is 20.0. The Morgan fingerprint density at radius 2 is 2.00 bits per heavy atom. The molecule has 0 bridgehead atoms. The molecule has 5 nitrogen and oxygen atoms in total. The van der Waals surface area contributed by atoms with Crippen molar-refractivity contribution in [3.8, 4) is 5.75 Å². The summed E-state index contributed by atoms with van der Waals surface area (Å²) < 4.78 is 10.7. The van der Waals surface area contributed by atoms with Crippen LogP contribution in [0.25, 0.3) is 10.9 Å². The molecule has 0 fully saturated rings. The Morgan fingerprint density at radius 1 is 1.13 bits per heavy atom. The number of nitrogens with one attached hydrogen (secondary N) is 1. The van der Waals surface area contributed by atoms with Crippen LogP contribution in [-0.2, 0) is 17.8 Å². The summed E-state index contributed by atoms with van der Waals surface area (Å²) in [6.45, 7) is 1.18. The molecule has 0 spiro atoms. The fourth-order valence-corrected chi connectivity index (χ4v) is 5.41. The minimum atomic E-state index is -0.202. The number of aromatic nitrogens is 1. The van der Waals surface area contributed by atoms with Gasteiger partial charge in [0.15, 0.2) is 0 Å². The maximum absolute atomic E-state index is 13.6. The van der Waals surface area contributed by atoms with Gasteiger partial charge in [-0.15, -0.1) is 11.3 Å². The van der Waals surface area contributed by atoms with Gasteiger partial charge < -0.3 is 19.4 Å². The normalized spacial score (nSPS) is 15.8. The van der Waals surface area contributed by atoms with Gasteiger partial charge in [-0.1, -0.05) is 30.3 Å². The van der Waals surface area contributed by atoms with E-state index in [1.165, 1.54) is 22.3 Å². The number of carbonyl (C=O) groups excluding carboxylic acids is 1. The lowest BCUT2D eigenvalue weighted by atomic mass is 9.92. The lowest BCUT2D eigenvalue weighted by molar-refractivity contribution is 0.0697. The van der Waals surface area contributed by atoms with Crippen molar-refractivity contribution in [3.63, 3.8) is 0 Å². The summed E-state index contributed by atoms with van der Waals surface area (Å²) in [4.78, 5) is 21.0. The first-order valence-electron chi connectivity index (χ1n) is 10.3. The highest BCUT2D eigenvalue weighted by atomic mass is 32.1. The molecule has 2 aromatic heterocycles. The molecule has 158 valence electrons. The standard InChI is InChI=1S/C25H24N2O3S/c1-29-15-18-10-11-22(31-18)25(28)27-13-12-20-19-8-3-4-9-21(19)26-23(20)24(27)16-6-5-7-17(14-16)30-2/h3-11,14,24,26H,12-13,15H2,1-2H3/t24-/m1/s1. The largest absolute Gasteiger partial charge is 0.497 e. The zero-order valence-corrected chi connectivity index (χ0v) is 18.4. The molecule has 1 atom stereocenters. The molecule has 4 aromatic rings. The van der Waals surface area contributed by atoms with E-state index < -0.39 is 0 Å². The fourth-order valence-electron chi connectivity index (χ4n) is 4.47. The summed E-state index contributed by atoms with van der Waals surface area (Å²) in [5.74, 6) is 0.830. The van der Waals surface area contributed by atoms with Crippen molar-refractivity contribution in [1.82, 2.24) is 9.88 Å². The van der Waals surface area contributed by atoms with Gasteiger partial charge in [-0.05, 0) is 47.9 Å². The molecule has 0 radical (unpaired) electrons. The van der Waals surface area contributed by atoms with Crippen molar-refractivity contribution in [2.75, 3.05) is 20.8 Å². The van der Waals surface area contributed by atoms with Crippen molar-refractivity contribution >= 4 is 28.1 Å². The van der Waals surface area contributed by atoms with Gasteiger partial charge in [0.1, 0.15) is 5.75 Å². The second-order valence-corrected chi connectivity index (χ2v) is 8.86. The van der Waals surface area contributed by atoms with Crippen molar-refractivity contribution in [2.24, 2.45) is 0 Å². The first-order chi connectivity index (χ1) is 15.2. The number of benzene rings is 2. The van der Waals surface area contributed by atoms with Gasteiger partial charge in [0.05, 0.1) is 24.6 Å². The fraction of sp³-hybridized carbons (Fsp3) is 0.240. The van der Waals surface area contributed by atoms with Crippen LogP contribution in [0, 0.1) is 0 Å². The topological polar surface area (TPSA) is 54.6 Å². The molecule has 0 unspecified atom stereocenters. The highest BCUT2D eigenvalue weighted by Crippen LogP contribution is 2.40. The van der Waals surface area contributed by atoms with E-state index in [-0.39, 0.29) is 11.9 Å². The van der Waals surface area contributed by atoms with E-state index in [9.17, 15) is 4.79 Å². The molecular weight excluding hydrogens is 408 g/mol. The minimum Gasteiger partial charge on any atom is -0.497 e. The average Bonchev–Trinajstić information content (AvgIpc) is 3.43. The quantitative estimate of drug-likeness (QED) is 0.473. The second-order valence-electron chi connectivity index (χ2n) is 7.69. The van der Waals surface area contributed by atoms with Crippen LogP contribution in [-0.4, -0.2) is 36.6 Å². The number of amides is 1. The van der Waals surface area contributed by atoms with Crippen molar-refractivity contribution in [3.05, 3.63) is 87.2 Å². The maximum Gasteiger partial charge on any atom is 0.264 e. The average molecular weight is 433 g/mol. The highest BCUT2D eigenvalue weighted by molar-refractivity contribution is 7.14. The van der Waals surface area contributed by atoms with Gasteiger partial charge in [-0.2, -0.15) is 0 Å². The zero-order valence-electron chi connectivity index (χ0n) is 17.6. The summed E-state index contributed by atoms with van der Waals surface area (Å²) in [5, 5.41) is 1.23. The third-order valence-corrected chi connectivity index (χ3v) is 6.91. The molecule has 2 aromatic carbocycles. The highest BCUT2D eigenvalue weighted by Gasteiger charge is 2.35. The van der Waals surface area contributed by atoms with Crippen LogP contribution in [0.15, 0.2) is 60.7 Å². The smallest absolute Gasteiger partial charge is 0.264 e. The van der Waals surface area contributed by atoms with Crippen LogP contribution in [0.1, 0.15) is 37.4 Å². The van der Waals surface area contributed by atoms with E-state index in [1.54, 1.807) is 14.2 Å². The van der Waals surface area contributed by atoms with E-state index in [4.69, 9.17) is 9.47 Å². The molecule has 6 heteroatoms. The van der Waals surface area contributed by atoms with E-state index in [2.05, 4.69) is 29.2 Å². The monoisotopic (exact) mass is 432 g/mol. The Balaban J connectivity index is 1.62. The third kappa shape index (κ3) is 3.52. The minimum absolute atomic E-state index is 0.0458. The molecule has 1 amide bonds. The second kappa shape index (κ2) is 8.21. The number of methoxy groups -OCH3 is 2. The van der Waals surface area contributed by atoms with Gasteiger partial charge in [0.2, 0.25) is 0 Å². The number of ether oxygens (including phenoxy) is 2. The number of fused-ring (bicyclic) bond motifs is 3. The van der Waals surface area contributed by atoms with Crippen LogP contribution >= 0.6 is 11.3 Å². The number of aromatic amines is 1. The van der Waals surface area contributed by atoms with Crippen LogP contribution in [0.2, 0.25) is 0 Å². The molecule has 0 saturated carbocycles. The SMILES string of the molecule is COCc1ccc(C(=O)N2CCc3c([nH]c4ccccc34)[C@H]2c2cccc(OC)c2)s1. The lowest BCUT2D eigenvalue weighted by Gasteiger charge is -2.36. The summed E-state index contributed by atoms with van der Waals surface area (Å²) in [5.41, 5.74) is 4.52. The molecule has 0 saturated heterocycles. The number of hydrogen-bond donors (Lipinski definition) is 1. The van der Waals surface area contributed by atoms with Crippen molar-refractivity contribution in [2.45, 2.75) is 19.1 Å². The molecule has 31 heavy (non-hydrogen) atoms. The van der Waals surface area contributed by atoms with Gasteiger partial charge in [0.25, 0.3) is 5.91 Å². The summed E-state index contributed by atoms with van der Waals surface area (Å²) in [7, 11) is 3.34. The van der Waals surface area contributed by atoms with Gasteiger partial charge in [-0.3, -0.25) is 4.79 Å². The van der Waals surface area contributed by atoms with Gasteiger partial charge in [-0.25, -0.2) is 0 Å². The molecule has 3 heterocycles. The predicted molar refractivity (Wildman–Crippen MR) is 123 cm³/mol. The summed E-state index contributed by atoms with van der Waals surface area (Å²) >= 11 is 1.50. The Morgan fingerprint density at radius 3 is 2.84 bits per heavy atom. The Labute approximate surface area is 185 Å².